The van der Waals surface area contributed by atoms with E-state index in [-0.39, 0.29) is 11.8 Å². The van der Waals surface area contributed by atoms with E-state index in [9.17, 15) is 9.59 Å². The van der Waals surface area contributed by atoms with E-state index in [1.54, 1.807) is 0 Å². The number of aromatic nitrogens is 1. The number of benzene rings is 1. The maximum Gasteiger partial charge on any atom is 0.270 e. The average molecular weight is 341 g/mol. The van der Waals surface area contributed by atoms with Gasteiger partial charge in [-0.2, -0.15) is 0 Å². The highest BCUT2D eigenvalue weighted by Crippen LogP contribution is 2.22. The predicted octanol–water partition coefficient (Wildman–Crippen LogP) is 2.95. The largest absolute Gasteiger partial charge is 0.356 e. The van der Waals surface area contributed by atoms with Crippen LogP contribution in [0.1, 0.15) is 43.1 Å². The molecule has 134 valence electrons. The number of piperidine rings is 1. The Labute approximate surface area is 149 Å². The second kappa shape index (κ2) is 7.72. The summed E-state index contributed by atoms with van der Waals surface area (Å²) in [7, 11) is 1.95. The maximum atomic E-state index is 13.0. The van der Waals surface area contributed by atoms with E-state index in [1.165, 1.54) is 0 Å². The van der Waals surface area contributed by atoms with Gasteiger partial charge in [0.05, 0.1) is 0 Å². The van der Waals surface area contributed by atoms with Gasteiger partial charge >= 0.3 is 0 Å². The van der Waals surface area contributed by atoms with Gasteiger partial charge in [0, 0.05) is 44.0 Å². The molecule has 1 aromatic carbocycles. The number of carbonyl (C=O) groups excluding carboxylic acids is 2. The first kappa shape index (κ1) is 17.5. The summed E-state index contributed by atoms with van der Waals surface area (Å²) in [5.41, 5.74) is 1.81. The van der Waals surface area contributed by atoms with Crippen LogP contribution in [0.4, 0.5) is 0 Å². The summed E-state index contributed by atoms with van der Waals surface area (Å²) in [5, 5.41) is 4.09. The van der Waals surface area contributed by atoms with Gasteiger partial charge in [0.2, 0.25) is 5.91 Å². The fourth-order valence-electron chi connectivity index (χ4n) is 3.65. The van der Waals surface area contributed by atoms with Gasteiger partial charge in [-0.3, -0.25) is 9.59 Å². The molecule has 1 fully saturated rings. The summed E-state index contributed by atoms with van der Waals surface area (Å²) in [5.74, 6) is 0.538. The number of fused-ring (bicyclic) bond motifs is 1. The molecule has 2 amide bonds. The van der Waals surface area contributed by atoms with Crippen LogP contribution in [0.25, 0.3) is 10.9 Å². The van der Waals surface area contributed by atoms with Gasteiger partial charge in [0.25, 0.3) is 5.91 Å². The molecule has 5 heteroatoms. The summed E-state index contributed by atoms with van der Waals surface area (Å²) in [6.45, 7) is 4.18. The number of aryl methyl sites for hydroxylation is 1. The number of carbonyl (C=O) groups is 2. The second-order valence-electron chi connectivity index (χ2n) is 6.96. The van der Waals surface area contributed by atoms with Gasteiger partial charge in [0.15, 0.2) is 0 Å². The first-order valence-electron chi connectivity index (χ1n) is 9.20. The highest BCUT2D eigenvalue weighted by molar-refractivity contribution is 5.98. The third-order valence-electron chi connectivity index (χ3n) is 5.04. The highest BCUT2D eigenvalue weighted by atomic mass is 16.2. The Morgan fingerprint density at radius 3 is 2.84 bits per heavy atom. The van der Waals surface area contributed by atoms with E-state index in [2.05, 4.69) is 5.32 Å². The Kier molecular flexibility index (Phi) is 5.41. The summed E-state index contributed by atoms with van der Waals surface area (Å²) in [6.07, 6.45) is 3.49. The van der Waals surface area contributed by atoms with Crippen molar-refractivity contribution in [3.8, 4) is 0 Å². The van der Waals surface area contributed by atoms with Crippen molar-refractivity contribution in [2.75, 3.05) is 19.6 Å². The number of hydrogen-bond acceptors (Lipinski definition) is 2. The second-order valence-corrected chi connectivity index (χ2v) is 6.96. The molecule has 1 aliphatic heterocycles. The van der Waals surface area contributed by atoms with E-state index in [0.29, 0.717) is 25.4 Å². The molecule has 3 rings (SSSR count). The molecule has 2 aromatic rings. The predicted molar refractivity (Wildman–Crippen MR) is 99.5 cm³/mol. The molecule has 0 spiro atoms. The molecular weight excluding hydrogens is 314 g/mol. The normalized spacial score (nSPS) is 17.7. The molecule has 1 saturated heterocycles. The third-order valence-corrected chi connectivity index (χ3v) is 5.04. The van der Waals surface area contributed by atoms with E-state index in [4.69, 9.17) is 0 Å². The van der Waals surface area contributed by atoms with Crippen LogP contribution in [0, 0.1) is 5.92 Å². The summed E-state index contributed by atoms with van der Waals surface area (Å²) in [6, 6.07) is 10.0. The lowest BCUT2D eigenvalue weighted by Gasteiger charge is -2.33. The van der Waals surface area contributed by atoms with Crippen LogP contribution in [0.15, 0.2) is 30.3 Å². The Morgan fingerprint density at radius 1 is 1.28 bits per heavy atom. The fraction of sp³-hybridized carbons (Fsp3) is 0.500. The first-order valence-corrected chi connectivity index (χ1v) is 9.20. The number of nitrogens with one attached hydrogen (secondary N) is 1. The van der Waals surface area contributed by atoms with E-state index in [1.807, 2.05) is 53.8 Å². The number of likely N-dealkylation sites (tertiary alicyclic amines) is 1. The SMILES string of the molecule is CCCC(=O)NCC1CCCN(C(=O)c2cc3ccccc3n2C)C1. The number of para-hydroxylation sites is 1. The highest BCUT2D eigenvalue weighted by Gasteiger charge is 2.26. The Hall–Kier alpha value is -2.30. The van der Waals surface area contributed by atoms with Crippen molar-refractivity contribution in [1.82, 2.24) is 14.8 Å². The van der Waals surface area contributed by atoms with Gasteiger partial charge in [-0.25, -0.2) is 0 Å². The minimum Gasteiger partial charge on any atom is -0.356 e. The molecule has 2 heterocycles. The summed E-state index contributed by atoms with van der Waals surface area (Å²) in [4.78, 5) is 26.6. The molecule has 0 radical (unpaired) electrons. The van der Waals surface area contributed by atoms with Crippen molar-refractivity contribution in [1.29, 1.82) is 0 Å². The number of nitrogens with zero attached hydrogens (tertiary/aromatic N) is 2. The third kappa shape index (κ3) is 3.86. The Balaban J connectivity index is 1.67. The lowest BCUT2D eigenvalue weighted by molar-refractivity contribution is -0.121. The minimum atomic E-state index is 0.0864. The van der Waals surface area contributed by atoms with Crippen molar-refractivity contribution >= 4 is 22.7 Å². The zero-order valence-corrected chi connectivity index (χ0v) is 15.1. The van der Waals surface area contributed by atoms with Gasteiger partial charge < -0.3 is 14.8 Å². The van der Waals surface area contributed by atoms with Gasteiger partial charge in [-0.1, -0.05) is 25.1 Å². The van der Waals surface area contributed by atoms with Gasteiger partial charge in [-0.15, -0.1) is 0 Å². The number of rotatable bonds is 5. The molecule has 1 aromatic heterocycles. The topological polar surface area (TPSA) is 54.3 Å². The van der Waals surface area contributed by atoms with Crippen LogP contribution in [0.5, 0.6) is 0 Å². The monoisotopic (exact) mass is 341 g/mol. The van der Waals surface area contributed by atoms with Crippen molar-refractivity contribution in [3.05, 3.63) is 36.0 Å². The molecule has 5 nitrogen and oxygen atoms in total. The molecule has 1 aliphatic rings. The molecular formula is C20H27N3O2. The van der Waals surface area contributed by atoms with Crippen LogP contribution in [-0.4, -0.2) is 40.9 Å². The smallest absolute Gasteiger partial charge is 0.270 e. The zero-order chi connectivity index (χ0) is 17.8. The first-order chi connectivity index (χ1) is 12.1. The fourth-order valence-corrected chi connectivity index (χ4v) is 3.65. The van der Waals surface area contributed by atoms with Crippen molar-refractivity contribution < 1.29 is 9.59 Å². The maximum absolute atomic E-state index is 13.0. The van der Waals surface area contributed by atoms with Crippen LogP contribution >= 0.6 is 0 Å². The van der Waals surface area contributed by atoms with Gasteiger partial charge in [0.1, 0.15) is 5.69 Å². The summed E-state index contributed by atoms with van der Waals surface area (Å²) >= 11 is 0. The van der Waals surface area contributed by atoms with Crippen LogP contribution < -0.4 is 5.32 Å². The van der Waals surface area contributed by atoms with Crippen molar-refractivity contribution in [2.24, 2.45) is 13.0 Å². The minimum absolute atomic E-state index is 0.0864. The Morgan fingerprint density at radius 2 is 2.08 bits per heavy atom. The molecule has 0 saturated carbocycles. The van der Waals surface area contributed by atoms with Crippen LogP contribution in [0.2, 0.25) is 0 Å². The van der Waals surface area contributed by atoms with Crippen molar-refractivity contribution in [2.45, 2.75) is 32.6 Å². The number of hydrogen-bond donors (Lipinski definition) is 1. The molecule has 1 unspecified atom stereocenters. The lowest BCUT2D eigenvalue weighted by Crippen LogP contribution is -2.44. The van der Waals surface area contributed by atoms with Gasteiger partial charge in [-0.05, 0) is 37.3 Å². The molecule has 0 aliphatic carbocycles. The molecule has 1 atom stereocenters. The lowest BCUT2D eigenvalue weighted by atomic mass is 9.97. The van der Waals surface area contributed by atoms with Crippen molar-refractivity contribution in [3.63, 3.8) is 0 Å². The Bertz CT molecular complexity index is 765. The van der Waals surface area contributed by atoms with Crippen LogP contribution in [-0.2, 0) is 11.8 Å². The molecule has 25 heavy (non-hydrogen) atoms. The molecule has 1 N–H and O–H groups in total. The molecule has 0 bridgehead atoms. The summed E-state index contributed by atoms with van der Waals surface area (Å²) < 4.78 is 1.98. The van der Waals surface area contributed by atoms with Crippen LogP contribution in [0.3, 0.4) is 0 Å². The van der Waals surface area contributed by atoms with E-state index in [0.717, 1.165) is 42.4 Å². The number of amides is 2. The quantitative estimate of drug-likeness (QED) is 0.909. The standard InChI is InChI=1S/C20H27N3O2/c1-3-7-19(24)21-13-15-8-6-11-23(14-15)20(25)18-12-16-9-4-5-10-17(16)22(18)2/h4-5,9-10,12,15H,3,6-8,11,13-14H2,1-2H3,(H,21,24). The average Bonchev–Trinajstić information content (AvgIpc) is 2.97. The zero-order valence-electron chi connectivity index (χ0n) is 15.1. The van der Waals surface area contributed by atoms with E-state index < -0.39 is 0 Å². The van der Waals surface area contributed by atoms with E-state index >= 15 is 0 Å².